The number of anilines is 1. The number of aromatic nitrogens is 2. The first-order valence-corrected chi connectivity index (χ1v) is 7.77. The van der Waals surface area contributed by atoms with Crippen LogP contribution in [0.25, 0.3) is 11.3 Å². The van der Waals surface area contributed by atoms with Gasteiger partial charge in [-0.25, -0.2) is 4.68 Å². The average molecular weight is 287 g/mol. The number of rotatable bonds is 2. The van der Waals surface area contributed by atoms with Gasteiger partial charge in [-0.05, 0) is 43.9 Å². The second kappa shape index (κ2) is 7.27. The van der Waals surface area contributed by atoms with Gasteiger partial charge >= 0.3 is 0 Å². The zero-order valence-corrected chi connectivity index (χ0v) is 13.2. The van der Waals surface area contributed by atoms with E-state index in [1.165, 1.54) is 6.42 Å². The molecule has 0 amide bonds. The van der Waals surface area contributed by atoms with Gasteiger partial charge in [0.1, 0.15) is 0 Å². The van der Waals surface area contributed by atoms with E-state index in [9.17, 15) is 0 Å². The Morgan fingerprint density at radius 2 is 2.05 bits per heavy atom. The Bertz CT molecular complexity index is 571. The smallest absolute Gasteiger partial charge is 0.150 e. The maximum atomic E-state index is 5.99. The molecule has 1 atom stereocenters. The van der Waals surface area contributed by atoms with Crippen LogP contribution in [0.15, 0.2) is 30.5 Å². The Morgan fingerprint density at radius 1 is 1.24 bits per heavy atom. The van der Waals surface area contributed by atoms with Gasteiger partial charge in [0.15, 0.2) is 6.23 Å². The van der Waals surface area contributed by atoms with E-state index in [-0.39, 0.29) is 6.23 Å². The van der Waals surface area contributed by atoms with Gasteiger partial charge in [0.05, 0.1) is 5.69 Å². The van der Waals surface area contributed by atoms with E-state index in [0.29, 0.717) is 0 Å². The highest BCUT2D eigenvalue weighted by atomic mass is 16.5. The summed E-state index contributed by atoms with van der Waals surface area (Å²) in [5.41, 5.74) is 10.1. The standard InChI is InChI=1S/C15H19N3O.C2H6/c1-11-5-6-12(10-13(11)16)14-7-8-17-18(14)15-4-2-3-9-19-15;1-2/h5-8,10,15H,2-4,9,16H2,1H3;1-2H3. The molecule has 3 rings (SSSR count). The van der Waals surface area contributed by atoms with Crippen LogP contribution in [0.3, 0.4) is 0 Å². The van der Waals surface area contributed by atoms with Crippen molar-refractivity contribution in [2.45, 2.75) is 46.3 Å². The molecular formula is C17H25N3O. The highest BCUT2D eigenvalue weighted by molar-refractivity contribution is 5.66. The molecule has 2 aromatic rings. The zero-order valence-electron chi connectivity index (χ0n) is 13.2. The molecule has 1 aromatic carbocycles. The lowest BCUT2D eigenvalue weighted by Gasteiger charge is -2.24. The largest absolute Gasteiger partial charge is 0.398 e. The number of aryl methyl sites for hydroxylation is 1. The summed E-state index contributed by atoms with van der Waals surface area (Å²) in [6, 6.07) is 8.15. The molecule has 0 aliphatic carbocycles. The quantitative estimate of drug-likeness (QED) is 0.844. The first kappa shape index (κ1) is 15.6. The van der Waals surface area contributed by atoms with Crippen LogP contribution in [0.4, 0.5) is 5.69 Å². The maximum Gasteiger partial charge on any atom is 0.150 e. The number of hydrogen-bond donors (Lipinski definition) is 1. The Kier molecular flexibility index (Phi) is 5.39. The number of hydrogen-bond acceptors (Lipinski definition) is 3. The molecule has 114 valence electrons. The molecule has 1 aliphatic heterocycles. The highest BCUT2D eigenvalue weighted by Gasteiger charge is 2.19. The number of benzene rings is 1. The fourth-order valence-corrected chi connectivity index (χ4v) is 2.49. The number of nitrogens with zero attached hydrogens (tertiary/aromatic N) is 2. The van der Waals surface area contributed by atoms with E-state index in [1.807, 2.05) is 49.8 Å². The van der Waals surface area contributed by atoms with E-state index < -0.39 is 0 Å². The van der Waals surface area contributed by atoms with E-state index in [0.717, 1.165) is 42.0 Å². The first-order valence-electron chi connectivity index (χ1n) is 7.77. The Labute approximate surface area is 126 Å². The van der Waals surface area contributed by atoms with Crippen molar-refractivity contribution in [1.29, 1.82) is 0 Å². The molecule has 0 radical (unpaired) electrons. The summed E-state index contributed by atoms with van der Waals surface area (Å²) in [5, 5.41) is 4.42. The molecule has 0 spiro atoms. The van der Waals surface area contributed by atoms with Gasteiger partial charge in [0.25, 0.3) is 0 Å². The third-order valence-corrected chi connectivity index (χ3v) is 3.67. The van der Waals surface area contributed by atoms with Gasteiger partial charge in [-0.2, -0.15) is 5.10 Å². The van der Waals surface area contributed by atoms with Crippen LogP contribution in [-0.4, -0.2) is 16.4 Å². The SMILES string of the molecule is CC.Cc1ccc(-c2ccnn2C2CCCCO2)cc1N. The Morgan fingerprint density at radius 3 is 2.71 bits per heavy atom. The van der Waals surface area contributed by atoms with Gasteiger partial charge in [0, 0.05) is 24.1 Å². The van der Waals surface area contributed by atoms with Crippen molar-refractivity contribution >= 4 is 5.69 Å². The van der Waals surface area contributed by atoms with Crippen LogP contribution in [0.5, 0.6) is 0 Å². The molecule has 1 aromatic heterocycles. The Balaban J connectivity index is 0.000000774. The minimum absolute atomic E-state index is 0.0567. The normalized spacial score (nSPS) is 18.0. The summed E-state index contributed by atoms with van der Waals surface area (Å²) in [6.07, 6.45) is 5.24. The molecular weight excluding hydrogens is 262 g/mol. The predicted molar refractivity (Wildman–Crippen MR) is 87.0 cm³/mol. The lowest BCUT2D eigenvalue weighted by molar-refractivity contribution is -0.0383. The molecule has 2 heterocycles. The van der Waals surface area contributed by atoms with Crippen molar-refractivity contribution in [2.75, 3.05) is 12.3 Å². The molecule has 1 saturated heterocycles. The molecule has 4 heteroatoms. The zero-order chi connectivity index (χ0) is 15.2. The third-order valence-electron chi connectivity index (χ3n) is 3.67. The first-order chi connectivity index (χ1) is 10.3. The predicted octanol–water partition coefficient (Wildman–Crippen LogP) is 4.17. The van der Waals surface area contributed by atoms with Crippen LogP contribution in [0.2, 0.25) is 0 Å². The van der Waals surface area contributed by atoms with E-state index in [2.05, 4.69) is 11.2 Å². The molecule has 1 aliphatic rings. The van der Waals surface area contributed by atoms with Crippen LogP contribution in [-0.2, 0) is 4.74 Å². The van der Waals surface area contributed by atoms with Crippen molar-refractivity contribution < 1.29 is 4.74 Å². The summed E-state index contributed by atoms with van der Waals surface area (Å²) in [5.74, 6) is 0. The summed E-state index contributed by atoms with van der Waals surface area (Å²) < 4.78 is 7.78. The molecule has 2 N–H and O–H groups in total. The lowest BCUT2D eigenvalue weighted by atomic mass is 10.1. The maximum absolute atomic E-state index is 5.99. The van der Waals surface area contributed by atoms with Crippen molar-refractivity contribution in [3.63, 3.8) is 0 Å². The van der Waals surface area contributed by atoms with Crippen LogP contribution in [0, 0.1) is 6.92 Å². The Hall–Kier alpha value is -1.81. The number of ether oxygens (including phenoxy) is 1. The highest BCUT2D eigenvalue weighted by Crippen LogP contribution is 2.29. The summed E-state index contributed by atoms with van der Waals surface area (Å²) in [4.78, 5) is 0. The van der Waals surface area contributed by atoms with Crippen molar-refractivity contribution in [3.05, 3.63) is 36.0 Å². The number of nitrogen functional groups attached to an aromatic ring is 1. The second-order valence-corrected chi connectivity index (χ2v) is 5.05. The van der Waals surface area contributed by atoms with Gasteiger partial charge in [0.2, 0.25) is 0 Å². The number of nitrogens with two attached hydrogens (primary N) is 1. The minimum Gasteiger partial charge on any atom is -0.398 e. The van der Waals surface area contributed by atoms with Gasteiger partial charge in [-0.1, -0.05) is 26.0 Å². The molecule has 4 nitrogen and oxygen atoms in total. The van der Waals surface area contributed by atoms with Crippen molar-refractivity contribution in [1.82, 2.24) is 9.78 Å². The summed E-state index contributed by atoms with van der Waals surface area (Å²) >= 11 is 0. The minimum atomic E-state index is 0.0567. The van der Waals surface area contributed by atoms with Crippen LogP contribution >= 0.6 is 0 Å². The lowest BCUT2D eigenvalue weighted by Crippen LogP contribution is -2.19. The third kappa shape index (κ3) is 3.45. The second-order valence-electron chi connectivity index (χ2n) is 5.05. The van der Waals surface area contributed by atoms with Gasteiger partial charge in [-0.15, -0.1) is 0 Å². The van der Waals surface area contributed by atoms with Crippen LogP contribution < -0.4 is 5.73 Å². The molecule has 1 unspecified atom stereocenters. The van der Waals surface area contributed by atoms with Gasteiger partial charge < -0.3 is 10.5 Å². The molecule has 0 saturated carbocycles. The summed E-state index contributed by atoms with van der Waals surface area (Å²) in [6.45, 7) is 6.83. The topological polar surface area (TPSA) is 53.1 Å². The monoisotopic (exact) mass is 287 g/mol. The fraction of sp³-hybridized carbons (Fsp3) is 0.471. The molecule has 1 fully saturated rings. The van der Waals surface area contributed by atoms with E-state index in [4.69, 9.17) is 10.5 Å². The summed E-state index contributed by atoms with van der Waals surface area (Å²) in [7, 11) is 0. The molecule has 0 bridgehead atoms. The van der Waals surface area contributed by atoms with E-state index in [1.54, 1.807) is 0 Å². The van der Waals surface area contributed by atoms with Crippen molar-refractivity contribution in [2.24, 2.45) is 0 Å². The average Bonchev–Trinajstić information content (AvgIpc) is 3.02. The van der Waals surface area contributed by atoms with E-state index >= 15 is 0 Å². The van der Waals surface area contributed by atoms with Gasteiger partial charge in [-0.3, -0.25) is 0 Å². The molecule has 21 heavy (non-hydrogen) atoms. The fourth-order valence-electron chi connectivity index (χ4n) is 2.49. The van der Waals surface area contributed by atoms with Crippen molar-refractivity contribution in [3.8, 4) is 11.3 Å². The van der Waals surface area contributed by atoms with Crippen LogP contribution in [0.1, 0.15) is 44.9 Å².